The van der Waals surface area contributed by atoms with Gasteiger partial charge in [-0.3, -0.25) is 0 Å². The Morgan fingerprint density at radius 3 is 2.53 bits per heavy atom. The number of rotatable bonds is 3. The number of amides is 1. The van der Waals surface area contributed by atoms with E-state index in [1.165, 1.54) is 12.8 Å². The third-order valence-electron chi connectivity index (χ3n) is 3.10. The van der Waals surface area contributed by atoms with Crippen molar-refractivity contribution in [2.45, 2.75) is 57.6 Å². The normalized spacial score (nSPS) is 27.4. The molecule has 0 spiro atoms. The topological polar surface area (TPSA) is 78.3 Å². The summed E-state index contributed by atoms with van der Waals surface area (Å²) in [4.78, 5) is 10.7. The van der Waals surface area contributed by atoms with Crippen LogP contribution in [0.5, 0.6) is 0 Å². The van der Waals surface area contributed by atoms with Crippen molar-refractivity contribution in [1.82, 2.24) is 0 Å². The molecule has 0 radical (unpaired) electrons. The van der Waals surface area contributed by atoms with Crippen LogP contribution in [-0.2, 0) is 4.74 Å². The van der Waals surface area contributed by atoms with Gasteiger partial charge >= 0.3 is 6.09 Å². The molecule has 1 rings (SSSR count). The first kappa shape index (κ1) is 12.3. The maximum Gasteiger partial charge on any atom is 0.405 e. The highest BCUT2D eigenvalue weighted by molar-refractivity contribution is 5.65. The number of primary amides is 1. The lowest BCUT2D eigenvalue weighted by Gasteiger charge is -2.34. The molecule has 1 aliphatic carbocycles. The summed E-state index contributed by atoms with van der Waals surface area (Å²) in [5, 5.41) is 0. The molecule has 0 aliphatic heterocycles. The summed E-state index contributed by atoms with van der Waals surface area (Å²) in [6, 6.07) is 0.245. The van der Waals surface area contributed by atoms with Gasteiger partial charge in [-0.1, -0.05) is 12.8 Å². The number of nitrogens with two attached hydrogens (primary N) is 2. The van der Waals surface area contributed by atoms with Crippen LogP contribution in [0.3, 0.4) is 0 Å². The van der Waals surface area contributed by atoms with Gasteiger partial charge in [0, 0.05) is 6.04 Å². The molecule has 0 saturated heterocycles. The molecule has 4 nitrogen and oxygen atoms in total. The van der Waals surface area contributed by atoms with Crippen molar-refractivity contribution in [3.8, 4) is 0 Å². The van der Waals surface area contributed by atoms with Crippen LogP contribution in [0, 0.1) is 5.92 Å². The Morgan fingerprint density at radius 1 is 1.40 bits per heavy atom. The van der Waals surface area contributed by atoms with Gasteiger partial charge in [-0.15, -0.1) is 0 Å². The minimum Gasteiger partial charge on any atom is -0.444 e. The van der Waals surface area contributed by atoms with E-state index in [-0.39, 0.29) is 6.04 Å². The second kappa shape index (κ2) is 4.84. The summed E-state index contributed by atoms with van der Waals surface area (Å²) >= 11 is 0. The predicted molar refractivity (Wildman–Crippen MR) is 59.3 cm³/mol. The van der Waals surface area contributed by atoms with Crippen molar-refractivity contribution in [3.05, 3.63) is 0 Å². The molecule has 15 heavy (non-hydrogen) atoms. The van der Waals surface area contributed by atoms with Gasteiger partial charge < -0.3 is 16.2 Å². The second-order valence-electron chi connectivity index (χ2n) is 5.09. The molecule has 0 aromatic heterocycles. The first-order valence-corrected chi connectivity index (χ1v) is 5.65. The van der Waals surface area contributed by atoms with Gasteiger partial charge in [0.2, 0.25) is 0 Å². The molecule has 1 saturated carbocycles. The lowest BCUT2D eigenvalue weighted by Crippen LogP contribution is -2.40. The molecule has 1 amide bonds. The van der Waals surface area contributed by atoms with E-state index in [0.29, 0.717) is 5.92 Å². The summed E-state index contributed by atoms with van der Waals surface area (Å²) in [5.74, 6) is 0.452. The maximum atomic E-state index is 10.7. The summed E-state index contributed by atoms with van der Waals surface area (Å²) in [6.07, 6.45) is 4.75. The summed E-state index contributed by atoms with van der Waals surface area (Å²) in [6.45, 7) is 3.78. The first-order chi connectivity index (χ1) is 6.91. The molecule has 2 atom stereocenters. The van der Waals surface area contributed by atoms with E-state index in [4.69, 9.17) is 16.2 Å². The fourth-order valence-corrected chi connectivity index (χ4v) is 2.44. The zero-order chi connectivity index (χ0) is 11.5. The highest BCUT2D eigenvalue weighted by Crippen LogP contribution is 2.31. The molecule has 0 bridgehead atoms. The zero-order valence-electron chi connectivity index (χ0n) is 9.66. The Hall–Kier alpha value is -0.770. The quantitative estimate of drug-likeness (QED) is 0.751. The maximum absolute atomic E-state index is 10.7. The van der Waals surface area contributed by atoms with Gasteiger partial charge in [0.25, 0.3) is 0 Å². The van der Waals surface area contributed by atoms with Gasteiger partial charge in [-0.25, -0.2) is 4.79 Å². The Balaban J connectivity index is 2.47. The van der Waals surface area contributed by atoms with Crippen molar-refractivity contribution in [2.24, 2.45) is 17.4 Å². The third-order valence-corrected chi connectivity index (χ3v) is 3.10. The smallest absolute Gasteiger partial charge is 0.405 e. The standard InChI is InChI=1S/C11H22N2O2/c1-11(2,15-10(13)14)7-8-5-3-4-6-9(8)12/h8-9H,3-7,12H2,1-2H3,(H2,13,14)/t8-,9+/m0/s1. The SMILES string of the molecule is CC(C)(C[C@@H]1CCCC[C@H]1N)OC(N)=O. The average Bonchev–Trinajstić information content (AvgIpc) is 2.06. The van der Waals surface area contributed by atoms with Crippen molar-refractivity contribution in [2.75, 3.05) is 0 Å². The van der Waals surface area contributed by atoms with Crippen molar-refractivity contribution in [1.29, 1.82) is 0 Å². The number of hydrogen-bond acceptors (Lipinski definition) is 3. The summed E-state index contributed by atoms with van der Waals surface area (Å²) in [5.41, 5.74) is 10.6. The third kappa shape index (κ3) is 4.08. The molecule has 4 heteroatoms. The molecule has 88 valence electrons. The molecule has 1 fully saturated rings. The van der Waals surface area contributed by atoms with Crippen LogP contribution in [0.4, 0.5) is 4.79 Å². The first-order valence-electron chi connectivity index (χ1n) is 5.65. The number of ether oxygens (including phenoxy) is 1. The van der Waals surface area contributed by atoms with E-state index >= 15 is 0 Å². The van der Waals surface area contributed by atoms with Crippen molar-refractivity contribution >= 4 is 6.09 Å². The van der Waals surface area contributed by atoms with Gasteiger partial charge in [-0.2, -0.15) is 0 Å². The van der Waals surface area contributed by atoms with E-state index in [0.717, 1.165) is 19.3 Å². The number of hydrogen-bond donors (Lipinski definition) is 2. The van der Waals surface area contributed by atoms with Crippen LogP contribution in [0.2, 0.25) is 0 Å². The second-order valence-corrected chi connectivity index (χ2v) is 5.09. The zero-order valence-corrected chi connectivity index (χ0v) is 9.66. The van der Waals surface area contributed by atoms with E-state index in [9.17, 15) is 4.79 Å². The highest BCUT2D eigenvalue weighted by atomic mass is 16.6. The van der Waals surface area contributed by atoms with Crippen LogP contribution in [0.15, 0.2) is 0 Å². The summed E-state index contributed by atoms with van der Waals surface area (Å²) < 4.78 is 5.07. The van der Waals surface area contributed by atoms with E-state index in [1.807, 2.05) is 13.8 Å². The Labute approximate surface area is 91.3 Å². The fourth-order valence-electron chi connectivity index (χ4n) is 2.44. The summed E-state index contributed by atoms with van der Waals surface area (Å²) in [7, 11) is 0. The van der Waals surface area contributed by atoms with Gasteiger partial charge in [0.15, 0.2) is 0 Å². The highest BCUT2D eigenvalue weighted by Gasteiger charge is 2.31. The molecule has 1 aliphatic rings. The molecule has 4 N–H and O–H groups in total. The van der Waals surface area contributed by atoms with Crippen LogP contribution in [-0.4, -0.2) is 17.7 Å². The minimum atomic E-state index is -0.704. The number of carbonyl (C=O) groups excluding carboxylic acids is 1. The average molecular weight is 214 g/mol. The van der Waals surface area contributed by atoms with E-state index < -0.39 is 11.7 Å². The largest absolute Gasteiger partial charge is 0.444 e. The van der Waals surface area contributed by atoms with Crippen molar-refractivity contribution < 1.29 is 9.53 Å². The van der Waals surface area contributed by atoms with E-state index in [2.05, 4.69) is 0 Å². The molecule has 0 aromatic rings. The van der Waals surface area contributed by atoms with Crippen LogP contribution < -0.4 is 11.5 Å². The number of carbonyl (C=O) groups is 1. The van der Waals surface area contributed by atoms with Crippen LogP contribution in [0.25, 0.3) is 0 Å². The monoisotopic (exact) mass is 214 g/mol. The van der Waals surface area contributed by atoms with E-state index in [1.54, 1.807) is 0 Å². The molecular formula is C11H22N2O2. The Bertz CT molecular complexity index is 229. The molecule has 0 aromatic carbocycles. The predicted octanol–water partition coefficient (Wildman–Crippen LogP) is 1.77. The minimum absolute atomic E-state index is 0.245. The lowest BCUT2D eigenvalue weighted by molar-refractivity contribution is 0.0190. The molecule has 0 heterocycles. The Morgan fingerprint density at radius 2 is 2.00 bits per heavy atom. The molecule has 0 unspecified atom stereocenters. The fraction of sp³-hybridized carbons (Fsp3) is 0.909. The van der Waals surface area contributed by atoms with Gasteiger partial charge in [0.1, 0.15) is 5.60 Å². The Kier molecular flexibility index (Phi) is 3.97. The van der Waals surface area contributed by atoms with Crippen molar-refractivity contribution in [3.63, 3.8) is 0 Å². The lowest BCUT2D eigenvalue weighted by atomic mass is 9.79. The van der Waals surface area contributed by atoms with Gasteiger partial charge in [-0.05, 0) is 39.0 Å². The van der Waals surface area contributed by atoms with Crippen LogP contribution in [0.1, 0.15) is 46.0 Å². The molecular weight excluding hydrogens is 192 g/mol. The van der Waals surface area contributed by atoms with Gasteiger partial charge in [0.05, 0.1) is 0 Å². The van der Waals surface area contributed by atoms with Crippen LogP contribution >= 0.6 is 0 Å².